The lowest BCUT2D eigenvalue weighted by Crippen LogP contribution is -3.16. The van der Waals surface area contributed by atoms with Crippen LogP contribution >= 0.6 is 11.6 Å². The molecule has 3 rings (SSSR count). The summed E-state index contributed by atoms with van der Waals surface area (Å²) in [4.78, 5) is 37.5. The van der Waals surface area contributed by atoms with Crippen LogP contribution in [0.15, 0.2) is 48.5 Å². The molecule has 0 aliphatic carbocycles. The number of hydrogen-bond acceptors (Lipinski definition) is 3. The lowest BCUT2D eigenvalue weighted by atomic mass is 10.0. The van der Waals surface area contributed by atoms with Gasteiger partial charge < -0.3 is 15.5 Å². The molecule has 1 saturated heterocycles. The average molecular weight is 373 g/mol. The molecule has 2 aromatic rings. The van der Waals surface area contributed by atoms with Crippen molar-refractivity contribution in [2.75, 3.05) is 31.5 Å². The normalized spacial score (nSPS) is 16.7. The maximum atomic E-state index is 12.8. The number of carbonyl (C=O) groups is 3. The molecule has 1 aliphatic heterocycles. The van der Waals surface area contributed by atoms with Gasteiger partial charge >= 0.3 is 0 Å². The molecular weight excluding hydrogens is 354 g/mol. The molecule has 1 atom stereocenters. The Bertz CT molecular complexity index is 839. The van der Waals surface area contributed by atoms with Gasteiger partial charge in [0.15, 0.2) is 18.9 Å². The number of quaternary nitrogens is 1. The molecule has 0 radical (unpaired) electrons. The molecular formula is C19H19ClN3O3+. The van der Waals surface area contributed by atoms with Gasteiger partial charge in [-0.3, -0.25) is 14.4 Å². The molecule has 0 saturated carbocycles. The predicted molar refractivity (Wildman–Crippen MR) is 98.5 cm³/mol. The number of ketones is 1. The molecule has 6 nitrogen and oxygen atoms in total. The smallest absolute Gasteiger partial charge is 0.279 e. The summed E-state index contributed by atoms with van der Waals surface area (Å²) in [6.45, 7) is 1.68. The van der Waals surface area contributed by atoms with Crippen molar-refractivity contribution >= 4 is 34.9 Å². The standard InChI is InChI=1S/C19H18ClN3O3/c20-14-6-7-16(15(10-14)19(26)13-4-2-1-3-5-13)22-18(25)12-23-9-8-21-17(24)11-23/h1-7,10H,8-9,11-12H2,(H,21,24)(H,22,25)/p+1. The van der Waals surface area contributed by atoms with Gasteiger partial charge in [-0.1, -0.05) is 41.9 Å². The minimum atomic E-state index is -0.251. The van der Waals surface area contributed by atoms with Crippen LogP contribution in [0, 0.1) is 0 Å². The summed E-state index contributed by atoms with van der Waals surface area (Å²) in [5.74, 6) is -0.530. The van der Waals surface area contributed by atoms with Gasteiger partial charge in [0.2, 0.25) is 0 Å². The van der Waals surface area contributed by atoms with Crippen LogP contribution in [0.25, 0.3) is 0 Å². The maximum absolute atomic E-state index is 12.8. The highest BCUT2D eigenvalue weighted by Gasteiger charge is 2.23. The number of nitrogens with one attached hydrogen (secondary N) is 3. The lowest BCUT2D eigenvalue weighted by Gasteiger charge is -2.23. The Kier molecular flexibility index (Phi) is 5.65. The number of piperazine rings is 1. The van der Waals surface area contributed by atoms with Gasteiger partial charge in [-0.25, -0.2) is 0 Å². The average Bonchev–Trinajstić information content (AvgIpc) is 2.63. The molecule has 1 heterocycles. The summed E-state index contributed by atoms with van der Waals surface area (Å²) >= 11 is 6.04. The van der Waals surface area contributed by atoms with E-state index in [0.29, 0.717) is 34.9 Å². The molecule has 7 heteroatoms. The summed E-state index contributed by atoms with van der Waals surface area (Å²) in [6.07, 6.45) is 0. The van der Waals surface area contributed by atoms with E-state index in [1.165, 1.54) is 0 Å². The third-order valence-corrected chi connectivity index (χ3v) is 4.39. The molecule has 0 bridgehead atoms. The Hall–Kier alpha value is -2.70. The van der Waals surface area contributed by atoms with Gasteiger partial charge in [-0.2, -0.15) is 0 Å². The SMILES string of the molecule is O=C1C[NH+](CC(=O)Nc2ccc(Cl)cc2C(=O)c2ccccc2)CCN1. The van der Waals surface area contributed by atoms with Gasteiger partial charge in [-0.15, -0.1) is 0 Å². The fourth-order valence-corrected chi connectivity index (χ4v) is 3.06. The Balaban J connectivity index is 1.76. The molecule has 0 aromatic heterocycles. The zero-order valence-corrected chi connectivity index (χ0v) is 14.8. The molecule has 2 aromatic carbocycles. The predicted octanol–water partition coefficient (Wildman–Crippen LogP) is 0.524. The van der Waals surface area contributed by atoms with Crippen LogP contribution in [0.5, 0.6) is 0 Å². The van der Waals surface area contributed by atoms with E-state index in [4.69, 9.17) is 11.6 Å². The second-order valence-electron chi connectivity index (χ2n) is 6.14. The van der Waals surface area contributed by atoms with Gasteiger partial charge in [0.05, 0.1) is 18.8 Å². The minimum absolute atomic E-state index is 0.0644. The number of hydrogen-bond donors (Lipinski definition) is 3. The van der Waals surface area contributed by atoms with Gasteiger partial charge in [0.1, 0.15) is 0 Å². The first-order valence-corrected chi connectivity index (χ1v) is 8.70. The fourth-order valence-electron chi connectivity index (χ4n) is 2.89. The first-order chi connectivity index (χ1) is 12.5. The van der Waals surface area contributed by atoms with E-state index in [-0.39, 0.29) is 30.7 Å². The molecule has 1 fully saturated rings. The van der Waals surface area contributed by atoms with Crippen molar-refractivity contribution in [3.63, 3.8) is 0 Å². The first-order valence-electron chi connectivity index (χ1n) is 8.32. The van der Waals surface area contributed by atoms with Crippen molar-refractivity contribution in [1.29, 1.82) is 0 Å². The highest BCUT2D eigenvalue weighted by molar-refractivity contribution is 6.31. The van der Waals surface area contributed by atoms with Crippen molar-refractivity contribution in [3.05, 3.63) is 64.7 Å². The van der Waals surface area contributed by atoms with Crippen LogP contribution in [0.2, 0.25) is 5.02 Å². The third kappa shape index (κ3) is 4.47. The third-order valence-electron chi connectivity index (χ3n) is 4.16. The largest absolute Gasteiger partial charge is 0.346 e. The molecule has 0 spiro atoms. The van der Waals surface area contributed by atoms with Crippen LogP contribution in [-0.4, -0.2) is 43.8 Å². The highest BCUT2D eigenvalue weighted by atomic mass is 35.5. The second kappa shape index (κ2) is 8.12. The lowest BCUT2D eigenvalue weighted by molar-refractivity contribution is -0.885. The molecule has 26 heavy (non-hydrogen) atoms. The topological polar surface area (TPSA) is 79.7 Å². The Morgan fingerprint density at radius 2 is 1.92 bits per heavy atom. The van der Waals surface area contributed by atoms with Crippen molar-refractivity contribution in [3.8, 4) is 0 Å². The quantitative estimate of drug-likeness (QED) is 0.670. The molecule has 1 aliphatic rings. The fraction of sp³-hybridized carbons (Fsp3) is 0.211. The number of amides is 2. The van der Waals surface area contributed by atoms with E-state index in [0.717, 1.165) is 4.90 Å². The van der Waals surface area contributed by atoms with E-state index in [1.807, 2.05) is 6.07 Å². The van der Waals surface area contributed by atoms with Crippen LogP contribution in [0.1, 0.15) is 15.9 Å². The maximum Gasteiger partial charge on any atom is 0.279 e. The Morgan fingerprint density at radius 1 is 1.15 bits per heavy atom. The number of rotatable bonds is 5. The van der Waals surface area contributed by atoms with Crippen molar-refractivity contribution in [1.82, 2.24) is 5.32 Å². The molecule has 2 amide bonds. The highest BCUT2D eigenvalue weighted by Crippen LogP contribution is 2.23. The summed E-state index contributed by atoms with van der Waals surface area (Å²) < 4.78 is 0. The monoisotopic (exact) mass is 372 g/mol. The summed E-state index contributed by atoms with van der Waals surface area (Å²) in [5.41, 5.74) is 1.26. The van der Waals surface area contributed by atoms with Crippen LogP contribution in [-0.2, 0) is 9.59 Å². The van der Waals surface area contributed by atoms with E-state index in [9.17, 15) is 14.4 Å². The van der Waals surface area contributed by atoms with Gasteiger partial charge in [0, 0.05) is 16.1 Å². The second-order valence-corrected chi connectivity index (χ2v) is 6.57. The van der Waals surface area contributed by atoms with Gasteiger partial charge in [-0.05, 0) is 18.2 Å². The summed E-state index contributed by atoms with van der Waals surface area (Å²) in [6, 6.07) is 13.6. The van der Waals surface area contributed by atoms with Crippen LogP contribution in [0.3, 0.4) is 0 Å². The van der Waals surface area contributed by atoms with Crippen molar-refractivity contribution < 1.29 is 19.3 Å². The molecule has 1 unspecified atom stereocenters. The Morgan fingerprint density at radius 3 is 2.65 bits per heavy atom. The van der Waals surface area contributed by atoms with Gasteiger partial charge in [0.25, 0.3) is 11.8 Å². The number of carbonyl (C=O) groups excluding carboxylic acids is 3. The Labute approximate surface area is 156 Å². The van der Waals surface area contributed by atoms with Crippen LogP contribution in [0.4, 0.5) is 5.69 Å². The minimum Gasteiger partial charge on any atom is -0.346 e. The van der Waals surface area contributed by atoms with Crippen molar-refractivity contribution in [2.24, 2.45) is 0 Å². The van der Waals surface area contributed by atoms with E-state index >= 15 is 0 Å². The summed E-state index contributed by atoms with van der Waals surface area (Å²) in [7, 11) is 0. The first kappa shape index (κ1) is 18.1. The molecule has 134 valence electrons. The van der Waals surface area contributed by atoms with E-state index in [1.54, 1.807) is 42.5 Å². The summed E-state index contributed by atoms with van der Waals surface area (Å²) in [5, 5.41) is 5.93. The zero-order chi connectivity index (χ0) is 18.5. The number of halogens is 1. The van der Waals surface area contributed by atoms with E-state index < -0.39 is 0 Å². The zero-order valence-electron chi connectivity index (χ0n) is 14.0. The number of benzene rings is 2. The van der Waals surface area contributed by atoms with E-state index in [2.05, 4.69) is 10.6 Å². The number of anilines is 1. The van der Waals surface area contributed by atoms with Crippen LogP contribution < -0.4 is 15.5 Å². The van der Waals surface area contributed by atoms with Crippen molar-refractivity contribution in [2.45, 2.75) is 0 Å². The molecule has 3 N–H and O–H groups in total.